The lowest BCUT2D eigenvalue weighted by Crippen LogP contribution is -2.17. The first kappa shape index (κ1) is 24.2. The maximum absolute atomic E-state index is 4.31. The third kappa shape index (κ3) is 3.01. The Kier molecular flexibility index (Phi) is 4.71. The van der Waals surface area contributed by atoms with E-state index >= 15 is 0 Å². The number of benzene rings is 5. The van der Waals surface area contributed by atoms with Crippen LogP contribution < -0.4 is 0 Å². The number of fused-ring (bicyclic) bond motifs is 9. The predicted molar refractivity (Wildman–Crippen MR) is 175 cm³/mol. The number of hydrogen-bond acceptors (Lipinski definition) is 0. The van der Waals surface area contributed by atoms with Crippen LogP contribution in [0.1, 0.15) is 55.5 Å². The first-order chi connectivity index (χ1) is 19.7. The molecule has 198 valence electrons. The van der Waals surface area contributed by atoms with Gasteiger partial charge in [-0.3, -0.25) is 0 Å². The van der Waals surface area contributed by atoms with E-state index in [0.29, 0.717) is 0 Å². The topological polar surface area (TPSA) is 4.93 Å². The van der Waals surface area contributed by atoms with Crippen LogP contribution in [0.25, 0.3) is 55.3 Å². The van der Waals surface area contributed by atoms with Crippen molar-refractivity contribution >= 4 is 27.4 Å². The second kappa shape index (κ2) is 7.98. The molecule has 2 aliphatic rings. The van der Waals surface area contributed by atoms with Gasteiger partial charge in [0, 0.05) is 27.3 Å². The number of nitrogens with zero attached hydrogens (tertiary/aromatic N) is 1. The van der Waals surface area contributed by atoms with Crippen LogP contribution in [0.15, 0.2) is 116 Å². The molecule has 1 nitrogen and oxygen atoms in total. The van der Waals surface area contributed by atoms with Gasteiger partial charge in [-0.25, -0.2) is 0 Å². The highest BCUT2D eigenvalue weighted by Crippen LogP contribution is 2.53. The fourth-order valence-corrected chi connectivity index (χ4v) is 7.83. The van der Waals surface area contributed by atoms with Crippen molar-refractivity contribution in [2.75, 3.05) is 0 Å². The smallest absolute Gasteiger partial charge is 0.0544 e. The third-order valence-corrected chi connectivity index (χ3v) is 9.88. The van der Waals surface area contributed by atoms with E-state index < -0.39 is 0 Å². The first-order valence-electron chi connectivity index (χ1n) is 14.5. The Morgan fingerprint density at radius 1 is 0.610 bits per heavy atom. The molecule has 2 aliphatic carbocycles. The molecule has 41 heavy (non-hydrogen) atoms. The van der Waals surface area contributed by atoms with Gasteiger partial charge >= 0.3 is 0 Å². The molecule has 1 aromatic heterocycles. The fraction of sp³-hybridized carbons (Fsp3) is 0.150. The Balaban J connectivity index is 1.40. The van der Waals surface area contributed by atoms with Crippen LogP contribution in [-0.4, -0.2) is 4.57 Å². The summed E-state index contributed by atoms with van der Waals surface area (Å²) in [6.07, 6.45) is 1.87. The predicted octanol–water partition coefficient (Wildman–Crippen LogP) is 10.6. The number of allylic oxidation sites excluding steroid dienone is 2. The van der Waals surface area contributed by atoms with E-state index in [1.165, 1.54) is 77.6 Å². The molecule has 5 aromatic carbocycles. The van der Waals surface area contributed by atoms with Gasteiger partial charge in [-0.2, -0.15) is 0 Å². The molecule has 8 rings (SSSR count). The van der Waals surface area contributed by atoms with Crippen molar-refractivity contribution in [1.29, 1.82) is 0 Å². The van der Waals surface area contributed by atoms with E-state index in [1.54, 1.807) is 0 Å². The monoisotopic (exact) mass is 527 g/mol. The summed E-state index contributed by atoms with van der Waals surface area (Å²) >= 11 is 0. The summed E-state index contributed by atoms with van der Waals surface area (Å²) in [5.74, 6) is 0. The molecule has 0 spiro atoms. The SMILES string of the molecule is C=CC(=C)c1cccc2c1C(C)(C)c1cc(-n3c4ccccc4c4cc5c(cc43)C(C)(C)c3ccccc3-5)ccc1-2. The molecule has 0 amide bonds. The third-order valence-electron chi connectivity index (χ3n) is 9.88. The van der Waals surface area contributed by atoms with Gasteiger partial charge in [-0.05, 0) is 86.0 Å². The number of hydrogen-bond donors (Lipinski definition) is 0. The summed E-state index contributed by atoms with van der Waals surface area (Å²) in [6, 6.07) is 36.3. The lowest BCUT2D eigenvalue weighted by Gasteiger charge is -2.25. The summed E-state index contributed by atoms with van der Waals surface area (Å²) in [7, 11) is 0. The quantitative estimate of drug-likeness (QED) is 0.202. The normalized spacial score (nSPS) is 15.4. The van der Waals surface area contributed by atoms with Gasteiger partial charge in [-0.1, -0.05) is 114 Å². The first-order valence-corrected chi connectivity index (χ1v) is 14.5. The summed E-state index contributed by atoms with van der Waals surface area (Å²) < 4.78 is 2.48. The van der Waals surface area contributed by atoms with E-state index in [4.69, 9.17) is 0 Å². The molecule has 0 fully saturated rings. The van der Waals surface area contributed by atoms with Crippen molar-refractivity contribution in [2.24, 2.45) is 0 Å². The number of para-hydroxylation sites is 1. The largest absolute Gasteiger partial charge is 0.309 e. The number of rotatable bonds is 3. The Labute approximate surface area is 242 Å². The Bertz CT molecular complexity index is 2130. The van der Waals surface area contributed by atoms with Gasteiger partial charge in [0.05, 0.1) is 11.0 Å². The maximum Gasteiger partial charge on any atom is 0.0544 e. The van der Waals surface area contributed by atoms with Gasteiger partial charge in [-0.15, -0.1) is 0 Å². The fourth-order valence-electron chi connectivity index (χ4n) is 7.83. The van der Waals surface area contributed by atoms with Crippen LogP contribution in [0.4, 0.5) is 0 Å². The minimum Gasteiger partial charge on any atom is -0.309 e. The molecule has 0 saturated carbocycles. The van der Waals surface area contributed by atoms with Crippen LogP contribution >= 0.6 is 0 Å². The van der Waals surface area contributed by atoms with Crippen LogP contribution in [0.5, 0.6) is 0 Å². The molecule has 6 aromatic rings. The van der Waals surface area contributed by atoms with Crippen molar-refractivity contribution in [2.45, 2.75) is 38.5 Å². The van der Waals surface area contributed by atoms with E-state index in [9.17, 15) is 0 Å². The molecule has 0 unspecified atom stereocenters. The molecule has 1 heterocycles. The van der Waals surface area contributed by atoms with Crippen LogP contribution in [0.3, 0.4) is 0 Å². The van der Waals surface area contributed by atoms with Crippen molar-refractivity contribution in [3.05, 3.63) is 144 Å². The molecule has 0 aliphatic heterocycles. The van der Waals surface area contributed by atoms with Crippen molar-refractivity contribution < 1.29 is 0 Å². The Morgan fingerprint density at radius 3 is 2.15 bits per heavy atom. The summed E-state index contributed by atoms with van der Waals surface area (Å²) in [5.41, 5.74) is 16.5. The van der Waals surface area contributed by atoms with Gasteiger partial charge in [0.2, 0.25) is 0 Å². The lowest BCUT2D eigenvalue weighted by atomic mass is 9.79. The molecule has 0 bridgehead atoms. The summed E-state index contributed by atoms with van der Waals surface area (Å²) in [6.45, 7) is 17.7. The Hall–Kier alpha value is -4.62. The van der Waals surface area contributed by atoms with Gasteiger partial charge in [0.25, 0.3) is 0 Å². The zero-order valence-corrected chi connectivity index (χ0v) is 24.2. The minimum absolute atomic E-state index is 0.0487. The van der Waals surface area contributed by atoms with Crippen LogP contribution in [-0.2, 0) is 10.8 Å². The molecule has 0 N–H and O–H groups in total. The average molecular weight is 528 g/mol. The standard InChI is InChI=1S/C40H33N/c1-7-24(2)26-15-12-16-30-28-20-19-25(21-34(28)40(5,6)38(26)30)41-36-18-11-9-14-29(36)32-22-31-27-13-8-10-17-33(27)39(3,4)35(31)23-37(32)41/h7-23H,1-2H2,3-6H3. The number of aromatic nitrogens is 1. The van der Waals surface area contributed by atoms with Crippen molar-refractivity contribution in [1.82, 2.24) is 4.57 Å². The second-order valence-electron chi connectivity index (χ2n) is 12.8. The van der Waals surface area contributed by atoms with Crippen LogP contribution in [0, 0.1) is 0 Å². The van der Waals surface area contributed by atoms with Gasteiger partial charge in [0.1, 0.15) is 0 Å². The van der Waals surface area contributed by atoms with E-state index in [2.05, 4.69) is 142 Å². The molecule has 1 heteroatoms. The van der Waals surface area contributed by atoms with Gasteiger partial charge in [0.15, 0.2) is 0 Å². The van der Waals surface area contributed by atoms with E-state index in [0.717, 1.165) is 5.57 Å². The molecular formula is C40H33N. The van der Waals surface area contributed by atoms with Crippen molar-refractivity contribution in [3.8, 4) is 27.9 Å². The highest BCUT2D eigenvalue weighted by Gasteiger charge is 2.39. The zero-order chi connectivity index (χ0) is 28.3. The van der Waals surface area contributed by atoms with E-state index in [-0.39, 0.29) is 10.8 Å². The van der Waals surface area contributed by atoms with Gasteiger partial charge < -0.3 is 4.57 Å². The van der Waals surface area contributed by atoms with Crippen molar-refractivity contribution in [3.63, 3.8) is 0 Å². The summed E-state index contributed by atoms with van der Waals surface area (Å²) in [4.78, 5) is 0. The van der Waals surface area contributed by atoms with Crippen LogP contribution in [0.2, 0.25) is 0 Å². The molecular weight excluding hydrogens is 494 g/mol. The lowest BCUT2D eigenvalue weighted by molar-refractivity contribution is 0.658. The second-order valence-corrected chi connectivity index (χ2v) is 12.8. The van der Waals surface area contributed by atoms with E-state index in [1.807, 2.05) is 6.08 Å². The minimum atomic E-state index is -0.160. The highest BCUT2D eigenvalue weighted by molar-refractivity contribution is 6.11. The highest BCUT2D eigenvalue weighted by atomic mass is 15.0. The molecule has 0 atom stereocenters. The maximum atomic E-state index is 4.31. The molecule has 0 radical (unpaired) electrons. The average Bonchev–Trinajstić information content (AvgIpc) is 3.52. The Morgan fingerprint density at radius 2 is 1.32 bits per heavy atom. The zero-order valence-electron chi connectivity index (χ0n) is 24.2. The summed E-state index contributed by atoms with van der Waals surface area (Å²) in [5, 5.41) is 2.60. The molecule has 0 saturated heterocycles.